The molecule has 0 radical (unpaired) electrons. The number of likely N-dealkylation sites (tertiary alicyclic amines) is 1. The van der Waals surface area contributed by atoms with E-state index in [0.29, 0.717) is 19.1 Å². The molecule has 0 spiro atoms. The van der Waals surface area contributed by atoms with E-state index in [9.17, 15) is 5.11 Å². The molecule has 4 aromatic rings. The van der Waals surface area contributed by atoms with Crippen molar-refractivity contribution in [3.05, 3.63) is 42.5 Å². The highest BCUT2D eigenvalue weighted by molar-refractivity contribution is 5.93. The summed E-state index contributed by atoms with van der Waals surface area (Å²) in [6.45, 7) is 9.64. The van der Waals surface area contributed by atoms with E-state index in [2.05, 4.69) is 38.0 Å². The predicted octanol–water partition coefficient (Wildman–Crippen LogP) is 3.09. The van der Waals surface area contributed by atoms with E-state index in [0.717, 1.165) is 84.9 Å². The van der Waals surface area contributed by atoms with Crippen molar-refractivity contribution >= 4 is 22.4 Å². The minimum atomic E-state index is -0.611. The van der Waals surface area contributed by atoms with Gasteiger partial charge in [-0.15, -0.1) is 0 Å². The van der Waals surface area contributed by atoms with Crippen molar-refractivity contribution in [2.24, 2.45) is 5.92 Å². The molecule has 0 aromatic carbocycles. The first-order valence-electron chi connectivity index (χ1n) is 12.5. The van der Waals surface area contributed by atoms with Gasteiger partial charge in [-0.05, 0) is 51.8 Å². The smallest absolute Gasteiger partial charge is 0.158 e. The van der Waals surface area contributed by atoms with Gasteiger partial charge in [-0.25, -0.2) is 4.98 Å². The van der Waals surface area contributed by atoms with Gasteiger partial charge in [-0.1, -0.05) is 0 Å². The highest BCUT2D eigenvalue weighted by Gasteiger charge is 2.30. The highest BCUT2D eigenvalue weighted by atomic mass is 16.5. The molecule has 0 aliphatic carbocycles. The maximum atomic E-state index is 10.4. The molecule has 2 fully saturated rings. The van der Waals surface area contributed by atoms with Crippen LogP contribution in [0.25, 0.3) is 27.8 Å². The summed E-state index contributed by atoms with van der Waals surface area (Å²) < 4.78 is 7.59. The molecule has 4 aromatic heterocycles. The van der Waals surface area contributed by atoms with Crippen molar-refractivity contribution in [1.82, 2.24) is 29.5 Å². The van der Waals surface area contributed by atoms with E-state index in [4.69, 9.17) is 14.8 Å². The van der Waals surface area contributed by atoms with Crippen LogP contribution in [-0.2, 0) is 11.3 Å². The minimum absolute atomic E-state index is 0.349. The van der Waals surface area contributed by atoms with Gasteiger partial charge in [-0.3, -0.25) is 9.88 Å². The summed E-state index contributed by atoms with van der Waals surface area (Å²) in [7, 11) is 0. The second kappa shape index (κ2) is 8.89. The van der Waals surface area contributed by atoms with Crippen LogP contribution in [0, 0.1) is 5.92 Å². The Morgan fingerprint density at radius 1 is 1.11 bits per heavy atom. The van der Waals surface area contributed by atoms with Gasteiger partial charge < -0.3 is 19.7 Å². The number of piperidine rings is 1. The monoisotopic (exact) mass is 475 g/mol. The number of morpholine rings is 1. The SMILES string of the molecule is CC(C)(O)C1CCN(Cc2cc3nc(-c4cncc5[nH]ccc45)cc(N4CCOCC4)n3n2)CC1. The minimum Gasteiger partial charge on any atom is -0.390 e. The van der Waals surface area contributed by atoms with Gasteiger partial charge in [0, 0.05) is 55.1 Å². The third-order valence-corrected chi connectivity index (χ3v) is 7.52. The molecule has 184 valence electrons. The predicted molar refractivity (Wildman–Crippen MR) is 135 cm³/mol. The number of pyridine rings is 1. The van der Waals surface area contributed by atoms with Crippen LogP contribution in [0.1, 0.15) is 32.4 Å². The van der Waals surface area contributed by atoms with Crippen LogP contribution in [0.15, 0.2) is 36.8 Å². The van der Waals surface area contributed by atoms with Crippen LogP contribution in [0.2, 0.25) is 0 Å². The molecule has 0 amide bonds. The molecule has 0 saturated carbocycles. The van der Waals surface area contributed by atoms with Crippen molar-refractivity contribution in [2.75, 3.05) is 44.3 Å². The standard InChI is InChI=1S/C26H33N7O2/c1-26(2,34)18-4-7-31(8-5-18)17-19-13-24-29-22(21-15-27-16-23-20(21)3-6-28-23)14-25(33(24)30-19)32-9-11-35-12-10-32/h3,6,13-16,18,28,34H,4-5,7-12,17H2,1-2H3. The van der Waals surface area contributed by atoms with Crippen LogP contribution in [-0.4, -0.2) is 79.6 Å². The summed E-state index contributed by atoms with van der Waals surface area (Å²) in [5, 5.41) is 16.5. The molecule has 0 atom stereocenters. The summed E-state index contributed by atoms with van der Waals surface area (Å²) in [4.78, 5) is 17.5. The Bertz CT molecular complexity index is 1320. The summed E-state index contributed by atoms with van der Waals surface area (Å²) in [6.07, 6.45) is 7.69. The van der Waals surface area contributed by atoms with E-state index in [1.54, 1.807) is 0 Å². The number of rotatable bonds is 5. The Labute approximate surface area is 204 Å². The molecule has 9 nitrogen and oxygen atoms in total. The van der Waals surface area contributed by atoms with Crippen molar-refractivity contribution in [1.29, 1.82) is 0 Å². The summed E-state index contributed by atoms with van der Waals surface area (Å²) >= 11 is 0. The third-order valence-electron chi connectivity index (χ3n) is 7.52. The van der Waals surface area contributed by atoms with Gasteiger partial charge in [0.15, 0.2) is 5.65 Å². The number of aromatic nitrogens is 5. The fourth-order valence-corrected chi connectivity index (χ4v) is 5.45. The Hall–Kier alpha value is -3.01. The number of ether oxygens (including phenoxy) is 1. The summed E-state index contributed by atoms with van der Waals surface area (Å²) in [6, 6.07) is 6.32. The molecule has 6 rings (SSSR count). The average molecular weight is 476 g/mol. The number of H-pyrrole nitrogens is 1. The van der Waals surface area contributed by atoms with Crippen molar-refractivity contribution in [3.8, 4) is 11.3 Å². The Morgan fingerprint density at radius 2 is 1.91 bits per heavy atom. The number of anilines is 1. The maximum Gasteiger partial charge on any atom is 0.158 e. The number of nitrogens with one attached hydrogen (secondary N) is 1. The molecule has 0 bridgehead atoms. The lowest BCUT2D eigenvalue weighted by atomic mass is 9.83. The van der Waals surface area contributed by atoms with E-state index >= 15 is 0 Å². The number of hydrogen-bond donors (Lipinski definition) is 2. The normalized spacial score (nSPS) is 18.7. The van der Waals surface area contributed by atoms with Gasteiger partial charge in [0.25, 0.3) is 0 Å². The first-order valence-corrected chi connectivity index (χ1v) is 12.5. The third kappa shape index (κ3) is 4.39. The molecular weight excluding hydrogens is 442 g/mol. The van der Waals surface area contributed by atoms with Crippen molar-refractivity contribution in [2.45, 2.75) is 38.8 Å². The van der Waals surface area contributed by atoms with Crippen molar-refractivity contribution < 1.29 is 9.84 Å². The van der Waals surface area contributed by atoms with E-state index in [1.165, 1.54) is 0 Å². The highest BCUT2D eigenvalue weighted by Crippen LogP contribution is 2.31. The van der Waals surface area contributed by atoms with Crippen molar-refractivity contribution in [3.63, 3.8) is 0 Å². The molecule has 9 heteroatoms. The molecule has 2 N–H and O–H groups in total. The van der Waals surface area contributed by atoms with Gasteiger partial charge in [0.2, 0.25) is 0 Å². The maximum absolute atomic E-state index is 10.4. The molecule has 2 aliphatic rings. The Balaban J connectivity index is 1.35. The molecular formula is C26H33N7O2. The Morgan fingerprint density at radius 3 is 2.69 bits per heavy atom. The van der Waals surface area contributed by atoms with Crippen LogP contribution in [0.5, 0.6) is 0 Å². The van der Waals surface area contributed by atoms with Gasteiger partial charge in [0.1, 0.15) is 5.82 Å². The zero-order chi connectivity index (χ0) is 24.0. The molecule has 2 aliphatic heterocycles. The molecule has 0 unspecified atom stereocenters. The van der Waals surface area contributed by atoms with Crippen LogP contribution < -0.4 is 4.90 Å². The second-order valence-corrected chi connectivity index (χ2v) is 10.3. The van der Waals surface area contributed by atoms with Crippen LogP contribution in [0.4, 0.5) is 5.82 Å². The van der Waals surface area contributed by atoms with E-state index < -0.39 is 5.60 Å². The lowest BCUT2D eigenvalue weighted by Crippen LogP contribution is -2.41. The number of nitrogens with zero attached hydrogens (tertiary/aromatic N) is 6. The largest absolute Gasteiger partial charge is 0.390 e. The zero-order valence-corrected chi connectivity index (χ0v) is 20.4. The van der Waals surface area contributed by atoms with E-state index in [1.807, 2.05) is 37.0 Å². The number of aromatic amines is 1. The van der Waals surface area contributed by atoms with E-state index in [-0.39, 0.29) is 0 Å². The molecule has 35 heavy (non-hydrogen) atoms. The lowest BCUT2D eigenvalue weighted by molar-refractivity contribution is -0.0137. The number of aliphatic hydroxyl groups is 1. The fraction of sp³-hybridized carbons (Fsp3) is 0.500. The topological polar surface area (TPSA) is 94.8 Å². The molecule has 2 saturated heterocycles. The first kappa shape index (κ1) is 22.5. The number of hydrogen-bond acceptors (Lipinski definition) is 7. The number of fused-ring (bicyclic) bond motifs is 2. The second-order valence-electron chi connectivity index (χ2n) is 10.3. The summed E-state index contributed by atoms with van der Waals surface area (Å²) in [5.74, 6) is 1.38. The van der Waals surface area contributed by atoms with Crippen LogP contribution in [0.3, 0.4) is 0 Å². The molecule has 6 heterocycles. The van der Waals surface area contributed by atoms with Gasteiger partial charge >= 0.3 is 0 Å². The average Bonchev–Trinajstić information content (AvgIpc) is 3.50. The lowest BCUT2D eigenvalue weighted by Gasteiger charge is -2.37. The quantitative estimate of drug-likeness (QED) is 0.458. The zero-order valence-electron chi connectivity index (χ0n) is 20.4. The summed E-state index contributed by atoms with van der Waals surface area (Å²) in [5.41, 5.74) is 4.16. The van der Waals surface area contributed by atoms with Crippen LogP contribution >= 0.6 is 0 Å². The van der Waals surface area contributed by atoms with Gasteiger partial charge in [-0.2, -0.15) is 9.61 Å². The first-order chi connectivity index (χ1) is 17.0. The fourth-order valence-electron chi connectivity index (χ4n) is 5.45. The van der Waals surface area contributed by atoms with Gasteiger partial charge in [0.05, 0.1) is 41.9 Å². The Kier molecular flexibility index (Phi) is 5.70.